The maximum Gasteiger partial charge on any atom is 0.449 e. The molecule has 0 aliphatic rings. The summed E-state index contributed by atoms with van der Waals surface area (Å²) in [5, 5.41) is 7.09. The second-order valence-electron chi connectivity index (χ2n) is 7.12. The van der Waals surface area contributed by atoms with Crippen LogP contribution >= 0.6 is 0 Å². The van der Waals surface area contributed by atoms with Crippen LogP contribution in [0.15, 0.2) is 73.2 Å². The third-order valence-electron chi connectivity index (χ3n) is 5.04. The lowest BCUT2D eigenvalue weighted by Crippen LogP contribution is -2.29. The number of amides is 1. The van der Waals surface area contributed by atoms with Gasteiger partial charge >= 0.3 is 6.18 Å². The molecule has 2 aromatic carbocycles. The molecular formula is C22H15F3N6O. The van der Waals surface area contributed by atoms with Crippen LogP contribution in [0.4, 0.5) is 13.2 Å². The van der Waals surface area contributed by atoms with E-state index in [0.717, 1.165) is 5.56 Å². The second-order valence-corrected chi connectivity index (χ2v) is 7.12. The van der Waals surface area contributed by atoms with Gasteiger partial charge in [0.25, 0.3) is 5.91 Å². The summed E-state index contributed by atoms with van der Waals surface area (Å²) >= 11 is 0. The first-order valence-electron chi connectivity index (χ1n) is 9.61. The summed E-state index contributed by atoms with van der Waals surface area (Å²) in [5.41, 5.74) is 2.46. The van der Waals surface area contributed by atoms with E-state index in [1.165, 1.54) is 16.8 Å². The standard InChI is InChI=1S/C22H15F3N6O/c23-22(24,25)21-28-16-8-7-14(11-17(16)29-21)18(13-5-2-1-3-6-13)30-20(32)15-12-27-31-10-4-9-26-19(15)31/h1-12,18H,(H,28,29)(H,30,32). The van der Waals surface area contributed by atoms with Crippen molar-refractivity contribution < 1.29 is 18.0 Å². The van der Waals surface area contributed by atoms with E-state index in [9.17, 15) is 18.0 Å². The van der Waals surface area contributed by atoms with Gasteiger partial charge in [0.05, 0.1) is 23.3 Å². The molecule has 3 aromatic heterocycles. The number of hydrogen-bond donors (Lipinski definition) is 2. The summed E-state index contributed by atoms with van der Waals surface area (Å²) in [6, 6.07) is 14.9. The van der Waals surface area contributed by atoms with Crippen LogP contribution in [0.5, 0.6) is 0 Å². The summed E-state index contributed by atoms with van der Waals surface area (Å²) in [5.74, 6) is -1.48. The first-order valence-corrected chi connectivity index (χ1v) is 9.61. The molecule has 0 fully saturated rings. The number of fused-ring (bicyclic) bond motifs is 2. The van der Waals surface area contributed by atoms with E-state index in [0.29, 0.717) is 11.2 Å². The van der Waals surface area contributed by atoms with Gasteiger partial charge in [0, 0.05) is 12.4 Å². The van der Waals surface area contributed by atoms with Gasteiger partial charge in [-0.15, -0.1) is 0 Å². The molecule has 0 saturated carbocycles. The van der Waals surface area contributed by atoms with Crippen LogP contribution < -0.4 is 5.32 Å². The van der Waals surface area contributed by atoms with Crippen LogP contribution in [-0.4, -0.2) is 30.5 Å². The number of hydrogen-bond acceptors (Lipinski definition) is 4. The number of halogens is 3. The smallest absolute Gasteiger partial charge is 0.341 e. The van der Waals surface area contributed by atoms with Crippen molar-refractivity contribution in [2.75, 3.05) is 0 Å². The Balaban J connectivity index is 1.55. The Labute approximate surface area is 178 Å². The quantitative estimate of drug-likeness (QED) is 0.443. The Morgan fingerprint density at radius 2 is 1.88 bits per heavy atom. The van der Waals surface area contributed by atoms with Crippen LogP contribution in [0.25, 0.3) is 16.7 Å². The minimum Gasteiger partial charge on any atom is -0.341 e. The maximum atomic E-state index is 13.1. The summed E-state index contributed by atoms with van der Waals surface area (Å²) in [7, 11) is 0. The van der Waals surface area contributed by atoms with Crippen molar-refractivity contribution in [3.05, 3.63) is 95.7 Å². The van der Waals surface area contributed by atoms with E-state index >= 15 is 0 Å². The van der Waals surface area contributed by atoms with Crippen LogP contribution in [0.3, 0.4) is 0 Å². The SMILES string of the molecule is O=C(NC(c1ccccc1)c1ccc2nc(C(F)(F)F)[nH]c2c1)c1cnn2cccnc12. The molecule has 0 saturated heterocycles. The van der Waals surface area contributed by atoms with Gasteiger partial charge in [-0.3, -0.25) is 4.79 Å². The highest BCUT2D eigenvalue weighted by molar-refractivity contribution is 6.00. The largest absolute Gasteiger partial charge is 0.449 e. The molecule has 0 aliphatic carbocycles. The number of nitrogens with zero attached hydrogens (tertiary/aromatic N) is 4. The van der Waals surface area contributed by atoms with Crippen LogP contribution in [0, 0.1) is 0 Å². The van der Waals surface area contributed by atoms with Crippen molar-refractivity contribution in [1.82, 2.24) is 29.9 Å². The van der Waals surface area contributed by atoms with Crippen LogP contribution in [0.2, 0.25) is 0 Å². The Kier molecular flexibility index (Phi) is 4.62. The minimum atomic E-state index is -4.58. The zero-order valence-corrected chi connectivity index (χ0v) is 16.3. The van der Waals surface area contributed by atoms with Gasteiger partial charge in [0.2, 0.25) is 5.82 Å². The average Bonchev–Trinajstić information content (AvgIpc) is 3.42. The molecule has 0 spiro atoms. The number of nitrogens with one attached hydrogen (secondary N) is 2. The first-order chi connectivity index (χ1) is 15.4. The topological polar surface area (TPSA) is 88.0 Å². The van der Waals surface area contributed by atoms with Gasteiger partial charge in [0.1, 0.15) is 5.56 Å². The molecule has 0 radical (unpaired) electrons. The number of benzene rings is 2. The Morgan fingerprint density at radius 1 is 1.06 bits per heavy atom. The zero-order valence-electron chi connectivity index (χ0n) is 16.3. The Bertz CT molecular complexity index is 1420. The monoisotopic (exact) mass is 436 g/mol. The fraction of sp³-hybridized carbons (Fsp3) is 0.0909. The average molecular weight is 436 g/mol. The van der Waals surface area contributed by atoms with Crippen molar-refractivity contribution in [2.24, 2.45) is 0 Å². The molecule has 32 heavy (non-hydrogen) atoms. The molecule has 0 aliphatic heterocycles. The van der Waals surface area contributed by atoms with E-state index in [1.807, 2.05) is 30.3 Å². The number of carbonyl (C=O) groups excluding carboxylic acids is 1. The number of aromatic nitrogens is 5. The predicted molar refractivity (Wildman–Crippen MR) is 110 cm³/mol. The van der Waals surface area contributed by atoms with E-state index < -0.39 is 23.9 Å². The van der Waals surface area contributed by atoms with Crippen molar-refractivity contribution >= 4 is 22.6 Å². The van der Waals surface area contributed by atoms with E-state index in [1.54, 1.807) is 30.6 Å². The molecule has 1 atom stereocenters. The molecule has 3 heterocycles. The summed E-state index contributed by atoms with van der Waals surface area (Å²) in [4.78, 5) is 23.2. The lowest BCUT2D eigenvalue weighted by Gasteiger charge is -2.19. The predicted octanol–water partition coefficient (Wildman–Crippen LogP) is 4.14. The summed E-state index contributed by atoms with van der Waals surface area (Å²) in [6.45, 7) is 0. The molecule has 160 valence electrons. The van der Waals surface area contributed by atoms with E-state index in [2.05, 4.69) is 25.4 Å². The molecule has 5 aromatic rings. The molecule has 5 rings (SSSR count). The lowest BCUT2D eigenvalue weighted by molar-refractivity contribution is -0.144. The van der Waals surface area contributed by atoms with Crippen LogP contribution in [-0.2, 0) is 6.18 Å². The highest BCUT2D eigenvalue weighted by Gasteiger charge is 2.34. The van der Waals surface area contributed by atoms with Gasteiger partial charge in [-0.2, -0.15) is 18.3 Å². The van der Waals surface area contributed by atoms with Gasteiger partial charge in [-0.25, -0.2) is 14.5 Å². The lowest BCUT2D eigenvalue weighted by atomic mass is 9.98. The highest BCUT2D eigenvalue weighted by Crippen LogP contribution is 2.30. The molecule has 1 amide bonds. The van der Waals surface area contributed by atoms with Crippen molar-refractivity contribution in [1.29, 1.82) is 0 Å². The Hall–Kier alpha value is -4.21. The molecule has 2 N–H and O–H groups in total. The van der Waals surface area contributed by atoms with Crippen molar-refractivity contribution in [3.63, 3.8) is 0 Å². The minimum absolute atomic E-state index is 0.186. The normalized spacial score (nSPS) is 12.8. The van der Waals surface area contributed by atoms with Crippen molar-refractivity contribution in [3.8, 4) is 0 Å². The van der Waals surface area contributed by atoms with Crippen LogP contribution in [0.1, 0.15) is 33.4 Å². The summed E-state index contributed by atoms with van der Waals surface area (Å²) in [6.07, 6.45) is 0.0845. The highest BCUT2D eigenvalue weighted by atomic mass is 19.4. The number of aromatic amines is 1. The number of H-pyrrole nitrogens is 1. The van der Waals surface area contributed by atoms with E-state index in [4.69, 9.17) is 0 Å². The van der Waals surface area contributed by atoms with Gasteiger partial charge in [0.15, 0.2) is 5.65 Å². The molecule has 7 nitrogen and oxygen atoms in total. The Morgan fingerprint density at radius 3 is 2.66 bits per heavy atom. The number of imidazole rings is 1. The fourth-order valence-electron chi connectivity index (χ4n) is 3.54. The van der Waals surface area contributed by atoms with Gasteiger partial charge < -0.3 is 10.3 Å². The molecule has 1 unspecified atom stereocenters. The maximum absolute atomic E-state index is 13.1. The number of rotatable bonds is 4. The van der Waals surface area contributed by atoms with Gasteiger partial charge in [-0.05, 0) is 29.3 Å². The first kappa shape index (κ1) is 19.7. The van der Waals surface area contributed by atoms with E-state index in [-0.39, 0.29) is 16.6 Å². The summed E-state index contributed by atoms with van der Waals surface area (Å²) < 4.78 is 40.6. The van der Waals surface area contributed by atoms with Crippen molar-refractivity contribution in [2.45, 2.75) is 12.2 Å². The number of alkyl halides is 3. The third kappa shape index (κ3) is 3.55. The molecule has 0 bridgehead atoms. The van der Waals surface area contributed by atoms with Gasteiger partial charge in [-0.1, -0.05) is 36.4 Å². The molecular weight excluding hydrogens is 421 g/mol. The zero-order chi connectivity index (χ0) is 22.3. The second kappa shape index (κ2) is 7.49. The number of carbonyl (C=O) groups is 1. The fourth-order valence-corrected chi connectivity index (χ4v) is 3.54. The molecule has 10 heteroatoms. The third-order valence-corrected chi connectivity index (χ3v) is 5.04.